The van der Waals surface area contributed by atoms with Gasteiger partial charge in [-0.05, 0) is 13.8 Å². The summed E-state index contributed by atoms with van der Waals surface area (Å²) in [6, 6.07) is 0. The van der Waals surface area contributed by atoms with Crippen molar-refractivity contribution in [2.45, 2.75) is 13.8 Å². The van der Waals surface area contributed by atoms with Gasteiger partial charge in [0.05, 0.1) is 6.54 Å². The number of anilines is 1. The number of likely N-dealkylation sites (N-methyl/N-ethyl adjacent to an activating group) is 1. The summed E-state index contributed by atoms with van der Waals surface area (Å²) in [5.41, 5.74) is 6.67. The lowest BCUT2D eigenvalue weighted by Gasteiger charge is -2.15. The van der Waals surface area contributed by atoms with Crippen molar-refractivity contribution >= 4 is 11.6 Å². The highest BCUT2D eigenvalue weighted by Crippen LogP contribution is 2.22. The normalized spacial score (nSPS) is 10.1. The van der Waals surface area contributed by atoms with E-state index >= 15 is 0 Å². The second kappa shape index (κ2) is 3.47. The smallest absolute Gasteiger partial charge is 0.236 e. The second-order valence-corrected chi connectivity index (χ2v) is 3.00. The molecule has 0 aliphatic rings. The molecule has 0 atom stereocenters. The van der Waals surface area contributed by atoms with Gasteiger partial charge in [0.1, 0.15) is 11.4 Å². The lowest BCUT2D eigenvalue weighted by molar-refractivity contribution is -0.116. The van der Waals surface area contributed by atoms with Gasteiger partial charge in [-0.25, -0.2) is 0 Å². The topological polar surface area (TPSA) is 72.4 Å². The van der Waals surface area contributed by atoms with E-state index in [1.54, 1.807) is 18.9 Å². The Kier molecular flexibility index (Phi) is 2.55. The Balaban J connectivity index is 2.87. The molecule has 1 rings (SSSR count). The third-order valence-corrected chi connectivity index (χ3v) is 1.77. The standard InChI is InChI=1S/C8H13N3O2/c1-5-8(6(2)13-10-5)11(3)4-7(9)12/h4H2,1-3H3,(H2,9,12). The van der Waals surface area contributed by atoms with Crippen LogP contribution in [-0.2, 0) is 4.79 Å². The number of carbonyl (C=O) groups is 1. The third-order valence-electron chi connectivity index (χ3n) is 1.77. The molecule has 5 heteroatoms. The van der Waals surface area contributed by atoms with Crippen LogP contribution in [0.5, 0.6) is 0 Å². The molecule has 1 aromatic heterocycles. The summed E-state index contributed by atoms with van der Waals surface area (Å²) in [5.74, 6) is 0.323. The van der Waals surface area contributed by atoms with Crippen LogP contribution < -0.4 is 10.6 Å². The zero-order chi connectivity index (χ0) is 10.0. The number of nitrogens with two attached hydrogens (primary N) is 1. The summed E-state index contributed by atoms with van der Waals surface area (Å²) >= 11 is 0. The Morgan fingerprint density at radius 3 is 2.62 bits per heavy atom. The van der Waals surface area contributed by atoms with Crippen LogP contribution >= 0.6 is 0 Å². The van der Waals surface area contributed by atoms with Crippen molar-refractivity contribution in [2.75, 3.05) is 18.5 Å². The Bertz CT molecular complexity index is 300. The Labute approximate surface area is 76.5 Å². The molecule has 1 amide bonds. The van der Waals surface area contributed by atoms with E-state index in [4.69, 9.17) is 10.3 Å². The van der Waals surface area contributed by atoms with E-state index in [1.807, 2.05) is 6.92 Å². The van der Waals surface area contributed by atoms with Crippen molar-refractivity contribution in [3.63, 3.8) is 0 Å². The van der Waals surface area contributed by atoms with E-state index in [-0.39, 0.29) is 12.5 Å². The van der Waals surface area contributed by atoms with E-state index in [1.165, 1.54) is 0 Å². The molecule has 0 aliphatic heterocycles. The molecular formula is C8H13N3O2. The summed E-state index contributed by atoms with van der Waals surface area (Å²) in [4.78, 5) is 12.4. The highest BCUT2D eigenvalue weighted by Gasteiger charge is 2.14. The molecular weight excluding hydrogens is 170 g/mol. The molecule has 0 saturated carbocycles. The molecule has 2 N–H and O–H groups in total. The summed E-state index contributed by atoms with van der Waals surface area (Å²) in [5, 5.41) is 3.78. The van der Waals surface area contributed by atoms with Gasteiger partial charge in [0.2, 0.25) is 5.91 Å². The number of hydrogen-bond acceptors (Lipinski definition) is 4. The van der Waals surface area contributed by atoms with Gasteiger partial charge >= 0.3 is 0 Å². The molecule has 0 aromatic carbocycles. The first-order valence-corrected chi connectivity index (χ1v) is 3.94. The number of rotatable bonds is 3. The minimum atomic E-state index is -0.373. The third kappa shape index (κ3) is 1.99. The molecule has 0 spiro atoms. The van der Waals surface area contributed by atoms with Crippen LogP contribution in [0.2, 0.25) is 0 Å². The Morgan fingerprint density at radius 2 is 2.23 bits per heavy atom. The van der Waals surface area contributed by atoms with Gasteiger partial charge in [-0.2, -0.15) is 0 Å². The van der Waals surface area contributed by atoms with Gasteiger partial charge in [0.25, 0.3) is 0 Å². The predicted molar refractivity (Wildman–Crippen MR) is 48.4 cm³/mol. The van der Waals surface area contributed by atoms with Gasteiger partial charge in [0.15, 0.2) is 5.76 Å². The van der Waals surface area contributed by atoms with Gasteiger partial charge < -0.3 is 15.2 Å². The van der Waals surface area contributed by atoms with Gasteiger partial charge in [0, 0.05) is 7.05 Å². The van der Waals surface area contributed by atoms with E-state index in [2.05, 4.69) is 5.16 Å². The zero-order valence-electron chi connectivity index (χ0n) is 8.00. The average Bonchev–Trinajstić information content (AvgIpc) is 2.29. The van der Waals surface area contributed by atoms with Crippen molar-refractivity contribution in [2.24, 2.45) is 5.73 Å². The van der Waals surface area contributed by atoms with Gasteiger partial charge in [-0.15, -0.1) is 0 Å². The minimum absolute atomic E-state index is 0.170. The highest BCUT2D eigenvalue weighted by atomic mass is 16.5. The van der Waals surface area contributed by atoms with Crippen molar-refractivity contribution in [3.05, 3.63) is 11.5 Å². The lowest BCUT2D eigenvalue weighted by Crippen LogP contribution is -2.31. The fourth-order valence-electron chi connectivity index (χ4n) is 1.34. The van der Waals surface area contributed by atoms with Gasteiger partial charge in [-0.1, -0.05) is 5.16 Å². The first-order chi connectivity index (χ1) is 6.02. The minimum Gasteiger partial charge on any atom is -0.368 e. The maximum Gasteiger partial charge on any atom is 0.236 e. The number of carbonyl (C=O) groups excluding carboxylic acids is 1. The largest absolute Gasteiger partial charge is 0.368 e. The lowest BCUT2D eigenvalue weighted by atomic mass is 10.3. The fourth-order valence-corrected chi connectivity index (χ4v) is 1.34. The Morgan fingerprint density at radius 1 is 1.62 bits per heavy atom. The number of primary amides is 1. The van der Waals surface area contributed by atoms with Crippen LogP contribution in [0, 0.1) is 13.8 Å². The predicted octanol–water partition coefficient (Wildman–Crippen LogP) is 0.213. The quantitative estimate of drug-likeness (QED) is 0.727. The number of aryl methyl sites for hydroxylation is 2. The van der Waals surface area contributed by atoms with E-state index < -0.39 is 0 Å². The Hall–Kier alpha value is -1.52. The molecule has 0 fully saturated rings. The first kappa shape index (κ1) is 9.57. The van der Waals surface area contributed by atoms with Crippen LogP contribution in [0.15, 0.2) is 4.52 Å². The summed E-state index contributed by atoms with van der Waals surface area (Å²) in [6.45, 7) is 3.79. The van der Waals surface area contributed by atoms with Crippen molar-refractivity contribution in [1.82, 2.24) is 5.16 Å². The van der Waals surface area contributed by atoms with E-state index in [9.17, 15) is 4.79 Å². The summed E-state index contributed by atoms with van der Waals surface area (Å²) < 4.78 is 4.95. The zero-order valence-corrected chi connectivity index (χ0v) is 8.00. The SMILES string of the molecule is Cc1noc(C)c1N(C)CC(N)=O. The summed E-state index contributed by atoms with van der Waals surface area (Å²) in [6.07, 6.45) is 0. The van der Waals surface area contributed by atoms with Crippen LogP contribution in [0.4, 0.5) is 5.69 Å². The maximum atomic E-state index is 10.7. The second-order valence-electron chi connectivity index (χ2n) is 3.00. The maximum absolute atomic E-state index is 10.7. The van der Waals surface area contributed by atoms with Crippen molar-refractivity contribution < 1.29 is 9.32 Å². The molecule has 0 bridgehead atoms. The molecule has 0 unspecified atom stereocenters. The molecule has 0 aliphatic carbocycles. The average molecular weight is 183 g/mol. The van der Waals surface area contributed by atoms with Crippen LogP contribution in [-0.4, -0.2) is 24.7 Å². The molecule has 0 radical (unpaired) electrons. The molecule has 0 saturated heterocycles. The van der Waals surface area contributed by atoms with Crippen LogP contribution in [0.3, 0.4) is 0 Å². The van der Waals surface area contributed by atoms with E-state index in [0.29, 0.717) is 5.76 Å². The van der Waals surface area contributed by atoms with Crippen LogP contribution in [0.1, 0.15) is 11.5 Å². The van der Waals surface area contributed by atoms with E-state index in [0.717, 1.165) is 11.4 Å². The van der Waals surface area contributed by atoms with Gasteiger partial charge in [-0.3, -0.25) is 4.79 Å². The number of amides is 1. The monoisotopic (exact) mass is 183 g/mol. The molecule has 1 heterocycles. The fraction of sp³-hybridized carbons (Fsp3) is 0.500. The molecule has 72 valence electrons. The molecule has 5 nitrogen and oxygen atoms in total. The number of aromatic nitrogens is 1. The first-order valence-electron chi connectivity index (χ1n) is 3.94. The summed E-state index contributed by atoms with van der Waals surface area (Å²) in [7, 11) is 1.78. The van der Waals surface area contributed by atoms with Crippen molar-refractivity contribution in [3.8, 4) is 0 Å². The molecule has 1 aromatic rings. The number of hydrogen-bond donors (Lipinski definition) is 1. The number of nitrogens with zero attached hydrogens (tertiary/aromatic N) is 2. The molecule has 13 heavy (non-hydrogen) atoms. The van der Waals surface area contributed by atoms with Crippen molar-refractivity contribution in [1.29, 1.82) is 0 Å². The highest BCUT2D eigenvalue weighted by molar-refractivity contribution is 5.79. The van der Waals surface area contributed by atoms with Crippen LogP contribution in [0.25, 0.3) is 0 Å².